The molecule has 0 aromatic carbocycles. The first kappa shape index (κ1) is 10.8. The zero-order chi connectivity index (χ0) is 11.8. The van der Waals surface area contributed by atoms with Crippen LogP contribution in [0.1, 0.15) is 28.2 Å². The average molecular weight is 233 g/mol. The minimum atomic E-state index is 0.174. The van der Waals surface area contributed by atoms with Gasteiger partial charge < -0.3 is 14.8 Å². The summed E-state index contributed by atoms with van der Waals surface area (Å²) in [7, 11) is 2.10. The molecule has 4 nitrogen and oxygen atoms in total. The number of aryl methyl sites for hydroxylation is 2. The van der Waals surface area contributed by atoms with Gasteiger partial charge in [0.25, 0.3) is 5.91 Å². The van der Waals surface area contributed by atoms with Crippen LogP contribution in [-0.4, -0.2) is 53.9 Å². The van der Waals surface area contributed by atoms with Crippen LogP contribution in [0, 0.1) is 0 Å². The summed E-state index contributed by atoms with van der Waals surface area (Å²) in [6.45, 7) is 3.65. The number of piperazine rings is 1. The predicted molar refractivity (Wildman–Crippen MR) is 66.2 cm³/mol. The number of fused-ring (bicyclic) bond motifs is 1. The summed E-state index contributed by atoms with van der Waals surface area (Å²) in [4.78, 5) is 19.8. The molecule has 1 aliphatic heterocycles. The number of aromatic nitrogens is 1. The van der Waals surface area contributed by atoms with Gasteiger partial charge in [-0.05, 0) is 37.9 Å². The lowest BCUT2D eigenvalue weighted by atomic mass is 10.2. The van der Waals surface area contributed by atoms with Gasteiger partial charge in [0, 0.05) is 31.9 Å². The second-order valence-corrected chi connectivity index (χ2v) is 5.14. The van der Waals surface area contributed by atoms with Crippen LogP contribution in [0.15, 0.2) is 6.07 Å². The zero-order valence-electron chi connectivity index (χ0n) is 10.3. The highest BCUT2D eigenvalue weighted by Gasteiger charge is 2.23. The molecule has 0 radical (unpaired) electrons. The summed E-state index contributed by atoms with van der Waals surface area (Å²) in [6, 6.07) is 2.06. The smallest absolute Gasteiger partial charge is 0.270 e. The number of nitrogens with zero attached hydrogens (tertiary/aromatic N) is 2. The van der Waals surface area contributed by atoms with Gasteiger partial charge in [0.15, 0.2) is 0 Å². The van der Waals surface area contributed by atoms with E-state index in [0.29, 0.717) is 0 Å². The van der Waals surface area contributed by atoms with E-state index >= 15 is 0 Å². The van der Waals surface area contributed by atoms with Crippen LogP contribution in [-0.2, 0) is 12.8 Å². The summed E-state index contributed by atoms with van der Waals surface area (Å²) >= 11 is 0. The molecule has 17 heavy (non-hydrogen) atoms. The van der Waals surface area contributed by atoms with E-state index < -0.39 is 0 Å². The number of H-pyrrole nitrogens is 1. The molecule has 0 unspecified atom stereocenters. The van der Waals surface area contributed by atoms with Gasteiger partial charge in [-0.1, -0.05) is 0 Å². The Morgan fingerprint density at radius 1 is 1.24 bits per heavy atom. The van der Waals surface area contributed by atoms with Gasteiger partial charge in [-0.3, -0.25) is 4.79 Å². The molecule has 0 bridgehead atoms. The van der Waals surface area contributed by atoms with E-state index in [4.69, 9.17) is 0 Å². The zero-order valence-corrected chi connectivity index (χ0v) is 10.3. The number of carbonyl (C=O) groups is 1. The maximum atomic E-state index is 12.3. The molecule has 2 aliphatic rings. The Balaban J connectivity index is 1.73. The average Bonchev–Trinajstić information content (AvgIpc) is 2.89. The number of rotatable bonds is 1. The number of likely N-dealkylation sites (N-methyl/N-ethyl adjacent to an activating group) is 1. The summed E-state index contributed by atoms with van der Waals surface area (Å²) in [5.41, 5.74) is 3.42. The molecule has 92 valence electrons. The standard InChI is InChI=1S/C13H19N3O/c1-15-5-7-16(8-6-15)13(17)12-9-10-3-2-4-11(10)14-12/h9,14H,2-8H2,1H3. The van der Waals surface area contributed by atoms with E-state index in [0.717, 1.165) is 44.7 Å². The topological polar surface area (TPSA) is 39.3 Å². The fourth-order valence-electron chi connectivity index (χ4n) is 2.74. The molecule has 3 rings (SSSR count). The number of amides is 1. The lowest BCUT2D eigenvalue weighted by Gasteiger charge is -2.32. The predicted octanol–water partition coefficient (Wildman–Crippen LogP) is 0.891. The molecule has 1 aliphatic carbocycles. The van der Waals surface area contributed by atoms with Crippen LogP contribution >= 0.6 is 0 Å². The van der Waals surface area contributed by atoms with E-state index in [1.165, 1.54) is 17.7 Å². The van der Waals surface area contributed by atoms with Crippen molar-refractivity contribution in [2.75, 3.05) is 33.2 Å². The van der Waals surface area contributed by atoms with Crippen molar-refractivity contribution in [3.63, 3.8) is 0 Å². The Morgan fingerprint density at radius 3 is 2.71 bits per heavy atom. The van der Waals surface area contributed by atoms with Gasteiger partial charge in [0.1, 0.15) is 5.69 Å². The van der Waals surface area contributed by atoms with Crippen LogP contribution in [0.4, 0.5) is 0 Å². The molecule has 1 N–H and O–H groups in total. The lowest BCUT2D eigenvalue weighted by molar-refractivity contribution is 0.0658. The van der Waals surface area contributed by atoms with E-state index in [2.05, 4.69) is 23.0 Å². The highest BCUT2D eigenvalue weighted by atomic mass is 16.2. The number of aromatic amines is 1. The Kier molecular flexibility index (Phi) is 2.67. The van der Waals surface area contributed by atoms with Gasteiger partial charge in [0.2, 0.25) is 0 Å². The Hall–Kier alpha value is -1.29. The largest absolute Gasteiger partial charge is 0.354 e. The van der Waals surface area contributed by atoms with Crippen molar-refractivity contribution >= 4 is 5.91 Å². The molecule has 0 saturated carbocycles. The summed E-state index contributed by atoms with van der Waals surface area (Å²) in [5.74, 6) is 0.174. The lowest BCUT2D eigenvalue weighted by Crippen LogP contribution is -2.47. The third kappa shape index (κ3) is 1.97. The summed E-state index contributed by atoms with van der Waals surface area (Å²) in [6.07, 6.45) is 3.46. The van der Waals surface area contributed by atoms with Crippen LogP contribution in [0.2, 0.25) is 0 Å². The highest BCUT2D eigenvalue weighted by Crippen LogP contribution is 2.23. The molecular weight excluding hydrogens is 214 g/mol. The first-order valence-corrected chi connectivity index (χ1v) is 6.42. The van der Waals surface area contributed by atoms with Crippen molar-refractivity contribution < 1.29 is 4.79 Å². The van der Waals surface area contributed by atoms with E-state index in [1.54, 1.807) is 0 Å². The van der Waals surface area contributed by atoms with E-state index in [1.807, 2.05) is 4.90 Å². The number of nitrogens with one attached hydrogen (secondary N) is 1. The maximum absolute atomic E-state index is 12.3. The Labute approximate surface area is 102 Å². The highest BCUT2D eigenvalue weighted by molar-refractivity contribution is 5.93. The van der Waals surface area contributed by atoms with Crippen LogP contribution in [0.25, 0.3) is 0 Å². The van der Waals surface area contributed by atoms with E-state index in [-0.39, 0.29) is 5.91 Å². The fraction of sp³-hybridized carbons (Fsp3) is 0.615. The van der Waals surface area contributed by atoms with Crippen molar-refractivity contribution in [3.05, 3.63) is 23.0 Å². The molecule has 0 spiro atoms. The molecule has 1 saturated heterocycles. The van der Waals surface area contributed by atoms with Crippen LogP contribution < -0.4 is 0 Å². The molecule has 1 aromatic heterocycles. The van der Waals surface area contributed by atoms with Gasteiger partial charge in [-0.2, -0.15) is 0 Å². The fourth-order valence-corrected chi connectivity index (χ4v) is 2.74. The second kappa shape index (κ2) is 4.18. The Morgan fingerprint density at radius 2 is 2.00 bits per heavy atom. The second-order valence-electron chi connectivity index (χ2n) is 5.14. The molecule has 1 aromatic rings. The first-order chi connectivity index (χ1) is 8.24. The minimum Gasteiger partial charge on any atom is -0.354 e. The monoisotopic (exact) mass is 233 g/mol. The van der Waals surface area contributed by atoms with E-state index in [9.17, 15) is 4.79 Å². The van der Waals surface area contributed by atoms with Crippen LogP contribution in [0.5, 0.6) is 0 Å². The minimum absolute atomic E-state index is 0.174. The van der Waals surface area contributed by atoms with Crippen molar-refractivity contribution in [2.45, 2.75) is 19.3 Å². The summed E-state index contributed by atoms with van der Waals surface area (Å²) < 4.78 is 0. The molecule has 1 amide bonds. The normalized spacial score (nSPS) is 20.6. The van der Waals surface area contributed by atoms with Gasteiger partial charge in [-0.15, -0.1) is 0 Å². The molecule has 1 fully saturated rings. The first-order valence-electron chi connectivity index (χ1n) is 6.42. The van der Waals surface area contributed by atoms with Gasteiger partial charge in [0.05, 0.1) is 0 Å². The molecule has 4 heteroatoms. The number of carbonyl (C=O) groups excluding carboxylic acids is 1. The van der Waals surface area contributed by atoms with Crippen molar-refractivity contribution in [3.8, 4) is 0 Å². The third-order valence-electron chi connectivity index (χ3n) is 3.89. The SMILES string of the molecule is CN1CCN(C(=O)c2cc3c([nH]2)CCC3)CC1. The third-order valence-corrected chi connectivity index (χ3v) is 3.89. The Bertz CT molecular complexity index is 408. The van der Waals surface area contributed by atoms with Crippen LogP contribution in [0.3, 0.4) is 0 Å². The van der Waals surface area contributed by atoms with Gasteiger partial charge >= 0.3 is 0 Å². The van der Waals surface area contributed by atoms with Crippen molar-refractivity contribution in [1.82, 2.24) is 14.8 Å². The van der Waals surface area contributed by atoms with Crippen molar-refractivity contribution in [1.29, 1.82) is 0 Å². The van der Waals surface area contributed by atoms with Gasteiger partial charge in [-0.25, -0.2) is 0 Å². The number of hydrogen-bond donors (Lipinski definition) is 1. The molecule has 0 atom stereocenters. The molecule has 2 heterocycles. The van der Waals surface area contributed by atoms with Crippen molar-refractivity contribution in [2.24, 2.45) is 0 Å². The maximum Gasteiger partial charge on any atom is 0.270 e. The number of hydrogen-bond acceptors (Lipinski definition) is 2. The summed E-state index contributed by atoms with van der Waals surface area (Å²) in [5, 5.41) is 0. The quantitative estimate of drug-likeness (QED) is 0.782. The molecular formula is C13H19N3O.